The molecule has 5 heteroatoms. The summed E-state index contributed by atoms with van der Waals surface area (Å²) in [5.41, 5.74) is 12.7. The third-order valence-corrected chi connectivity index (χ3v) is 4.72. The second-order valence-corrected chi connectivity index (χ2v) is 6.56. The molecule has 0 aliphatic heterocycles. The van der Waals surface area contributed by atoms with Gasteiger partial charge in [-0.2, -0.15) is 0 Å². The van der Waals surface area contributed by atoms with E-state index in [0.717, 1.165) is 44.7 Å². The number of benzene rings is 2. The highest BCUT2D eigenvalue weighted by Gasteiger charge is 2.19. The van der Waals surface area contributed by atoms with Gasteiger partial charge in [0.25, 0.3) is 5.91 Å². The van der Waals surface area contributed by atoms with Crippen LogP contribution in [0, 0.1) is 20.8 Å². The Balaban J connectivity index is 2.02. The Kier molecular flexibility index (Phi) is 3.65. The number of aromatic nitrogens is 2. The molecule has 2 aromatic heterocycles. The molecule has 26 heavy (non-hydrogen) atoms. The highest BCUT2D eigenvalue weighted by atomic mass is 16.5. The standard InChI is InChI=1S/C21H19N3O2/c1-11-4-6-14(7-5-11)18-10-17-15(19-12(2)24-26-13(19)3)8-9-16(21(22)25)20(17)23-18/h4-10,23H,1-3H3,(H2,22,25). The summed E-state index contributed by atoms with van der Waals surface area (Å²) >= 11 is 0. The molecule has 2 heterocycles. The maximum atomic E-state index is 11.9. The molecule has 2 aromatic carbocycles. The van der Waals surface area contributed by atoms with Gasteiger partial charge < -0.3 is 15.2 Å². The van der Waals surface area contributed by atoms with Crippen LogP contribution in [0.5, 0.6) is 0 Å². The number of nitrogens with one attached hydrogen (secondary N) is 1. The van der Waals surface area contributed by atoms with Crippen LogP contribution in [0.2, 0.25) is 0 Å². The summed E-state index contributed by atoms with van der Waals surface area (Å²) in [6.07, 6.45) is 0. The van der Waals surface area contributed by atoms with Crippen molar-refractivity contribution in [2.24, 2.45) is 5.73 Å². The molecular weight excluding hydrogens is 326 g/mol. The first kappa shape index (κ1) is 16.1. The van der Waals surface area contributed by atoms with Gasteiger partial charge in [0.1, 0.15) is 5.76 Å². The van der Waals surface area contributed by atoms with Crippen molar-refractivity contribution in [2.75, 3.05) is 0 Å². The van der Waals surface area contributed by atoms with Gasteiger partial charge in [-0.15, -0.1) is 0 Å². The van der Waals surface area contributed by atoms with E-state index in [1.165, 1.54) is 5.56 Å². The average molecular weight is 345 g/mol. The van der Waals surface area contributed by atoms with E-state index in [1.807, 2.05) is 26.0 Å². The fourth-order valence-corrected chi connectivity index (χ4v) is 3.40. The molecule has 3 N–H and O–H groups in total. The van der Waals surface area contributed by atoms with Crippen LogP contribution in [0.15, 0.2) is 47.0 Å². The maximum absolute atomic E-state index is 11.9. The molecule has 0 saturated carbocycles. The van der Waals surface area contributed by atoms with Gasteiger partial charge in [-0.3, -0.25) is 4.79 Å². The Morgan fingerprint density at radius 1 is 1.08 bits per heavy atom. The summed E-state index contributed by atoms with van der Waals surface area (Å²) in [5.74, 6) is 0.284. The van der Waals surface area contributed by atoms with Crippen LogP contribution in [0.25, 0.3) is 33.3 Å². The molecule has 4 rings (SSSR count). The Hall–Kier alpha value is -3.34. The molecule has 0 aliphatic rings. The number of fused-ring (bicyclic) bond motifs is 1. The summed E-state index contributed by atoms with van der Waals surface area (Å²) in [6.45, 7) is 5.85. The molecule has 0 atom stereocenters. The number of nitrogens with two attached hydrogens (primary N) is 1. The summed E-state index contributed by atoms with van der Waals surface area (Å²) in [7, 11) is 0. The Bertz CT molecular complexity index is 1110. The van der Waals surface area contributed by atoms with E-state index in [2.05, 4.69) is 41.3 Å². The van der Waals surface area contributed by atoms with E-state index in [0.29, 0.717) is 5.56 Å². The molecule has 0 saturated heterocycles. The Morgan fingerprint density at radius 3 is 2.42 bits per heavy atom. The number of aryl methyl sites for hydroxylation is 3. The molecule has 0 fully saturated rings. The zero-order valence-corrected chi connectivity index (χ0v) is 14.9. The van der Waals surface area contributed by atoms with Gasteiger partial charge in [0.05, 0.1) is 16.8 Å². The second-order valence-electron chi connectivity index (χ2n) is 6.56. The van der Waals surface area contributed by atoms with E-state index >= 15 is 0 Å². The highest BCUT2D eigenvalue weighted by molar-refractivity contribution is 6.10. The molecule has 0 radical (unpaired) electrons. The van der Waals surface area contributed by atoms with Crippen molar-refractivity contribution in [3.05, 3.63) is 65.0 Å². The number of aromatic amines is 1. The predicted octanol–water partition coefficient (Wildman–Crippen LogP) is 4.51. The fraction of sp³-hybridized carbons (Fsp3) is 0.143. The minimum atomic E-state index is -0.461. The van der Waals surface area contributed by atoms with Gasteiger partial charge in [-0.1, -0.05) is 41.1 Å². The van der Waals surface area contributed by atoms with Crippen LogP contribution in [-0.2, 0) is 0 Å². The minimum absolute atomic E-state index is 0.461. The number of primary amides is 1. The monoisotopic (exact) mass is 345 g/mol. The lowest BCUT2D eigenvalue weighted by Gasteiger charge is -2.05. The molecular formula is C21H19N3O2. The van der Waals surface area contributed by atoms with Crippen LogP contribution in [0.3, 0.4) is 0 Å². The van der Waals surface area contributed by atoms with E-state index in [4.69, 9.17) is 10.3 Å². The molecule has 4 aromatic rings. The third kappa shape index (κ3) is 2.49. The first-order chi connectivity index (χ1) is 12.5. The first-order valence-electron chi connectivity index (χ1n) is 8.41. The lowest BCUT2D eigenvalue weighted by atomic mass is 9.97. The lowest BCUT2D eigenvalue weighted by molar-refractivity contribution is 0.100. The number of nitrogens with zero attached hydrogens (tertiary/aromatic N) is 1. The smallest absolute Gasteiger partial charge is 0.250 e. The topological polar surface area (TPSA) is 84.9 Å². The van der Waals surface area contributed by atoms with Gasteiger partial charge in [-0.05, 0) is 44.0 Å². The summed E-state index contributed by atoms with van der Waals surface area (Å²) < 4.78 is 5.33. The van der Waals surface area contributed by atoms with E-state index in [9.17, 15) is 4.79 Å². The normalized spacial score (nSPS) is 11.2. The Labute approximate surface area is 150 Å². The van der Waals surface area contributed by atoms with E-state index in [1.54, 1.807) is 6.07 Å². The molecule has 0 unspecified atom stereocenters. The second kappa shape index (κ2) is 5.88. The van der Waals surface area contributed by atoms with Crippen LogP contribution in [0.4, 0.5) is 0 Å². The van der Waals surface area contributed by atoms with Crippen molar-refractivity contribution in [1.82, 2.24) is 10.1 Å². The average Bonchev–Trinajstić information content (AvgIpc) is 3.19. The first-order valence-corrected chi connectivity index (χ1v) is 8.41. The number of hydrogen-bond acceptors (Lipinski definition) is 3. The molecule has 0 bridgehead atoms. The highest BCUT2D eigenvalue weighted by Crippen LogP contribution is 2.37. The van der Waals surface area contributed by atoms with E-state index < -0.39 is 5.91 Å². The summed E-state index contributed by atoms with van der Waals surface area (Å²) in [4.78, 5) is 15.3. The van der Waals surface area contributed by atoms with Crippen molar-refractivity contribution in [3.8, 4) is 22.4 Å². The molecule has 0 aliphatic carbocycles. The molecule has 1 amide bonds. The van der Waals surface area contributed by atoms with Crippen molar-refractivity contribution < 1.29 is 9.32 Å². The van der Waals surface area contributed by atoms with Crippen molar-refractivity contribution >= 4 is 16.8 Å². The SMILES string of the molecule is Cc1ccc(-c2cc3c(-c4c(C)noc4C)ccc(C(N)=O)c3[nH]2)cc1. The number of H-pyrrole nitrogens is 1. The largest absolute Gasteiger partial charge is 0.366 e. The van der Waals surface area contributed by atoms with Gasteiger partial charge in [-0.25, -0.2) is 0 Å². The maximum Gasteiger partial charge on any atom is 0.250 e. The predicted molar refractivity (Wildman–Crippen MR) is 102 cm³/mol. The molecule has 130 valence electrons. The van der Waals surface area contributed by atoms with E-state index in [-0.39, 0.29) is 0 Å². The van der Waals surface area contributed by atoms with Crippen LogP contribution < -0.4 is 5.73 Å². The number of carbonyl (C=O) groups is 1. The molecule has 5 nitrogen and oxygen atoms in total. The number of hydrogen-bond donors (Lipinski definition) is 2. The van der Waals surface area contributed by atoms with Crippen molar-refractivity contribution in [3.63, 3.8) is 0 Å². The third-order valence-electron chi connectivity index (χ3n) is 4.72. The van der Waals surface area contributed by atoms with Crippen molar-refractivity contribution in [1.29, 1.82) is 0 Å². The van der Waals surface area contributed by atoms with Crippen molar-refractivity contribution in [2.45, 2.75) is 20.8 Å². The van der Waals surface area contributed by atoms with Crippen LogP contribution >= 0.6 is 0 Å². The zero-order chi connectivity index (χ0) is 18.4. The number of amides is 1. The number of carbonyl (C=O) groups excluding carboxylic acids is 1. The fourth-order valence-electron chi connectivity index (χ4n) is 3.40. The summed E-state index contributed by atoms with van der Waals surface area (Å²) in [6, 6.07) is 13.9. The van der Waals surface area contributed by atoms with Gasteiger partial charge >= 0.3 is 0 Å². The lowest BCUT2D eigenvalue weighted by Crippen LogP contribution is -2.11. The quantitative estimate of drug-likeness (QED) is 0.573. The zero-order valence-electron chi connectivity index (χ0n) is 14.9. The Morgan fingerprint density at radius 2 is 1.81 bits per heavy atom. The van der Waals surface area contributed by atoms with Crippen LogP contribution in [-0.4, -0.2) is 16.0 Å². The van der Waals surface area contributed by atoms with Gasteiger partial charge in [0.2, 0.25) is 0 Å². The number of rotatable bonds is 3. The molecule has 0 spiro atoms. The van der Waals surface area contributed by atoms with Crippen LogP contribution in [0.1, 0.15) is 27.4 Å². The minimum Gasteiger partial charge on any atom is -0.366 e. The van der Waals surface area contributed by atoms with Gasteiger partial charge in [0, 0.05) is 16.6 Å². The summed E-state index contributed by atoms with van der Waals surface area (Å²) in [5, 5.41) is 4.98. The van der Waals surface area contributed by atoms with Gasteiger partial charge in [0.15, 0.2) is 0 Å².